The Kier molecular flexibility index (Phi) is 6.64. The molecule has 1 heterocycles. The first-order valence-corrected chi connectivity index (χ1v) is 9.90. The highest BCUT2D eigenvalue weighted by Crippen LogP contribution is 2.37. The lowest BCUT2D eigenvalue weighted by Gasteiger charge is -2.33. The van der Waals surface area contributed by atoms with Crippen LogP contribution in [0.3, 0.4) is 0 Å². The number of alkyl halides is 3. The van der Waals surface area contributed by atoms with Crippen LogP contribution < -0.4 is 20.3 Å². The van der Waals surface area contributed by atoms with Crippen molar-refractivity contribution < 1.29 is 27.5 Å². The van der Waals surface area contributed by atoms with E-state index in [2.05, 4.69) is 10.6 Å². The van der Waals surface area contributed by atoms with Crippen LogP contribution in [-0.2, 0) is 22.3 Å². The Hall–Kier alpha value is -2.94. The van der Waals surface area contributed by atoms with E-state index in [1.54, 1.807) is 25.1 Å². The number of anilines is 2. The highest BCUT2D eigenvalue weighted by atomic mass is 35.5. The molecule has 166 valence electrons. The van der Waals surface area contributed by atoms with Crippen LogP contribution in [-0.4, -0.2) is 31.0 Å². The second-order valence-electron chi connectivity index (χ2n) is 7.08. The largest absolute Gasteiger partial charge is 0.479 e. The van der Waals surface area contributed by atoms with Gasteiger partial charge in [-0.1, -0.05) is 17.7 Å². The van der Waals surface area contributed by atoms with Crippen LogP contribution in [0.15, 0.2) is 36.4 Å². The molecule has 10 heteroatoms. The maximum absolute atomic E-state index is 13.1. The van der Waals surface area contributed by atoms with E-state index in [9.17, 15) is 22.8 Å². The zero-order valence-electron chi connectivity index (χ0n) is 16.8. The molecular formula is C21H21ClF3N3O3. The molecule has 0 radical (unpaired) electrons. The third-order valence-corrected chi connectivity index (χ3v) is 5.04. The van der Waals surface area contributed by atoms with E-state index in [1.807, 2.05) is 0 Å². The standard InChI is InChI=1S/C21H21ClF3N3O3/c1-12-20(30)28(8-7-26-13(2)29)18-10-15(4-6-19(18)31-12)27-11-14-3-5-17(22)16(9-14)21(23,24)25/h3-6,9-10,12,27H,7-8,11H2,1-2H3,(H,26,29). The van der Waals surface area contributed by atoms with E-state index in [0.29, 0.717) is 22.7 Å². The van der Waals surface area contributed by atoms with Gasteiger partial charge in [-0.05, 0) is 42.8 Å². The molecule has 31 heavy (non-hydrogen) atoms. The molecule has 2 aromatic rings. The van der Waals surface area contributed by atoms with E-state index in [0.717, 1.165) is 6.07 Å². The van der Waals surface area contributed by atoms with Gasteiger partial charge in [0.15, 0.2) is 6.10 Å². The Morgan fingerprint density at radius 2 is 1.97 bits per heavy atom. The molecule has 1 aliphatic rings. The van der Waals surface area contributed by atoms with Crippen molar-refractivity contribution in [2.24, 2.45) is 0 Å². The summed E-state index contributed by atoms with van der Waals surface area (Å²) in [5, 5.41) is 5.35. The SMILES string of the molecule is CC(=O)NCCN1C(=O)C(C)Oc2ccc(NCc3ccc(Cl)c(C(F)(F)F)c3)cc21. The highest BCUT2D eigenvalue weighted by Gasteiger charge is 2.33. The number of ether oxygens (including phenoxy) is 1. The number of rotatable bonds is 6. The monoisotopic (exact) mass is 455 g/mol. The van der Waals surface area contributed by atoms with Crippen molar-refractivity contribution in [2.45, 2.75) is 32.7 Å². The molecule has 0 saturated carbocycles. The van der Waals surface area contributed by atoms with Crippen molar-refractivity contribution in [3.63, 3.8) is 0 Å². The van der Waals surface area contributed by atoms with Gasteiger partial charge in [0.25, 0.3) is 5.91 Å². The number of nitrogens with one attached hydrogen (secondary N) is 2. The fourth-order valence-electron chi connectivity index (χ4n) is 3.20. The van der Waals surface area contributed by atoms with Crippen LogP contribution in [0.2, 0.25) is 5.02 Å². The molecule has 0 aromatic heterocycles. The molecule has 0 bridgehead atoms. The van der Waals surface area contributed by atoms with Crippen molar-refractivity contribution in [2.75, 3.05) is 23.3 Å². The third kappa shape index (κ3) is 5.41. The molecule has 2 aromatic carbocycles. The van der Waals surface area contributed by atoms with E-state index in [1.165, 1.54) is 24.0 Å². The second-order valence-corrected chi connectivity index (χ2v) is 7.49. The van der Waals surface area contributed by atoms with Crippen molar-refractivity contribution in [1.82, 2.24) is 5.32 Å². The van der Waals surface area contributed by atoms with Gasteiger partial charge in [-0.2, -0.15) is 13.2 Å². The zero-order chi connectivity index (χ0) is 22.8. The molecule has 1 atom stereocenters. The number of hydrogen-bond donors (Lipinski definition) is 2. The van der Waals surface area contributed by atoms with Crippen molar-refractivity contribution in [1.29, 1.82) is 0 Å². The van der Waals surface area contributed by atoms with Crippen LogP contribution in [0, 0.1) is 0 Å². The Bertz CT molecular complexity index is 998. The number of carbonyl (C=O) groups is 2. The minimum absolute atomic E-state index is 0.121. The van der Waals surface area contributed by atoms with Gasteiger partial charge >= 0.3 is 6.18 Å². The number of hydrogen-bond acceptors (Lipinski definition) is 4. The summed E-state index contributed by atoms with van der Waals surface area (Å²) in [7, 11) is 0. The minimum atomic E-state index is -4.54. The van der Waals surface area contributed by atoms with Crippen LogP contribution in [0.4, 0.5) is 24.5 Å². The molecule has 2 amide bonds. The normalized spacial score (nSPS) is 15.9. The summed E-state index contributed by atoms with van der Waals surface area (Å²) in [6, 6.07) is 8.82. The van der Waals surface area contributed by atoms with E-state index in [-0.39, 0.29) is 36.5 Å². The fourth-order valence-corrected chi connectivity index (χ4v) is 3.42. The summed E-state index contributed by atoms with van der Waals surface area (Å²) in [5.74, 6) is 0.0550. The predicted octanol–water partition coefficient (Wildman–Crippen LogP) is 4.22. The molecule has 1 aliphatic heterocycles. The maximum Gasteiger partial charge on any atom is 0.417 e. The topological polar surface area (TPSA) is 70.7 Å². The summed E-state index contributed by atoms with van der Waals surface area (Å²) in [4.78, 5) is 25.2. The molecule has 2 N–H and O–H groups in total. The lowest BCUT2D eigenvalue weighted by molar-refractivity contribution is -0.137. The van der Waals surface area contributed by atoms with Gasteiger partial charge in [0.05, 0.1) is 16.3 Å². The van der Waals surface area contributed by atoms with Gasteiger partial charge in [0, 0.05) is 32.2 Å². The smallest absolute Gasteiger partial charge is 0.417 e. The number of carbonyl (C=O) groups excluding carboxylic acids is 2. The lowest BCUT2D eigenvalue weighted by Crippen LogP contribution is -2.47. The Labute approximate surface area is 182 Å². The number of fused-ring (bicyclic) bond motifs is 1. The van der Waals surface area contributed by atoms with E-state index < -0.39 is 17.8 Å². The predicted molar refractivity (Wildman–Crippen MR) is 111 cm³/mol. The summed E-state index contributed by atoms with van der Waals surface area (Å²) in [5.41, 5.74) is 0.622. The maximum atomic E-state index is 13.1. The molecule has 0 saturated heterocycles. The first-order chi connectivity index (χ1) is 14.6. The quantitative estimate of drug-likeness (QED) is 0.684. The van der Waals surface area contributed by atoms with Crippen LogP contribution in [0.5, 0.6) is 5.75 Å². The molecule has 0 aliphatic carbocycles. The first-order valence-electron chi connectivity index (χ1n) is 9.52. The first kappa shape index (κ1) is 22.7. The second kappa shape index (κ2) is 9.05. The molecular weight excluding hydrogens is 435 g/mol. The van der Waals surface area contributed by atoms with E-state index >= 15 is 0 Å². The van der Waals surface area contributed by atoms with Crippen molar-refractivity contribution >= 4 is 34.8 Å². The van der Waals surface area contributed by atoms with Crippen LogP contribution in [0.25, 0.3) is 0 Å². The van der Waals surface area contributed by atoms with Crippen LogP contribution >= 0.6 is 11.6 Å². The van der Waals surface area contributed by atoms with Crippen molar-refractivity contribution in [3.05, 3.63) is 52.5 Å². The fraction of sp³-hybridized carbons (Fsp3) is 0.333. The molecule has 6 nitrogen and oxygen atoms in total. The summed E-state index contributed by atoms with van der Waals surface area (Å²) < 4.78 is 44.8. The highest BCUT2D eigenvalue weighted by molar-refractivity contribution is 6.31. The molecule has 1 unspecified atom stereocenters. The average Bonchev–Trinajstić information content (AvgIpc) is 2.69. The van der Waals surface area contributed by atoms with Gasteiger partial charge in [-0.25, -0.2) is 0 Å². The van der Waals surface area contributed by atoms with E-state index in [4.69, 9.17) is 16.3 Å². The number of halogens is 4. The molecule has 0 spiro atoms. The zero-order valence-corrected chi connectivity index (χ0v) is 17.6. The molecule has 3 rings (SSSR count). The Morgan fingerprint density at radius 3 is 2.65 bits per heavy atom. The third-order valence-electron chi connectivity index (χ3n) is 4.71. The van der Waals surface area contributed by atoms with Crippen LogP contribution in [0.1, 0.15) is 25.0 Å². The number of benzene rings is 2. The van der Waals surface area contributed by atoms with Gasteiger partial charge in [-0.15, -0.1) is 0 Å². The summed E-state index contributed by atoms with van der Waals surface area (Å²) in [6.07, 6.45) is -5.21. The van der Waals surface area contributed by atoms with Gasteiger partial charge in [-0.3, -0.25) is 9.59 Å². The summed E-state index contributed by atoms with van der Waals surface area (Å²) >= 11 is 5.66. The number of amides is 2. The van der Waals surface area contributed by atoms with Gasteiger partial charge in [0.2, 0.25) is 5.91 Å². The number of nitrogens with zero attached hydrogens (tertiary/aromatic N) is 1. The van der Waals surface area contributed by atoms with Gasteiger partial charge in [0.1, 0.15) is 5.75 Å². The minimum Gasteiger partial charge on any atom is -0.479 e. The summed E-state index contributed by atoms with van der Waals surface area (Å²) in [6.45, 7) is 3.68. The average molecular weight is 456 g/mol. The van der Waals surface area contributed by atoms with Crippen molar-refractivity contribution in [3.8, 4) is 5.75 Å². The van der Waals surface area contributed by atoms with Gasteiger partial charge < -0.3 is 20.3 Å². The molecule has 0 fully saturated rings. The lowest BCUT2D eigenvalue weighted by atomic mass is 10.1. The Balaban J connectivity index is 1.78. The Morgan fingerprint density at radius 1 is 1.23 bits per heavy atom.